The van der Waals surface area contributed by atoms with Gasteiger partial charge in [-0.25, -0.2) is 4.79 Å². The number of halogens is 1. The highest BCUT2D eigenvalue weighted by molar-refractivity contribution is 9.10. The lowest BCUT2D eigenvalue weighted by molar-refractivity contribution is 0.0601. The van der Waals surface area contributed by atoms with Crippen molar-refractivity contribution in [1.82, 2.24) is 0 Å². The van der Waals surface area contributed by atoms with Gasteiger partial charge in [0, 0.05) is 16.7 Å². The van der Waals surface area contributed by atoms with Gasteiger partial charge in [-0.15, -0.1) is 0 Å². The Morgan fingerprint density at radius 2 is 1.95 bits per heavy atom. The molecule has 0 fully saturated rings. The van der Waals surface area contributed by atoms with Crippen LogP contribution >= 0.6 is 15.9 Å². The summed E-state index contributed by atoms with van der Waals surface area (Å²) in [6, 6.07) is 15.5. The smallest absolute Gasteiger partial charge is 0.340 e. The lowest BCUT2D eigenvalue weighted by Crippen LogP contribution is -2.08. The summed E-state index contributed by atoms with van der Waals surface area (Å²) in [6.45, 7) is 0.659. The number of hydrogen-bond acceptors (Lipinski definition) is 3. The highest BCUT2D eigenvalue weighted by Gasteiger charge is 2.12. The van der Waals surface area contributed by atoms with Crippen LogP contribution in [0.2, 0.25) is 0 Å². The molecule has 98 valence electrons. The molecule has 0 aliphatic rings. The molecule has 4 heteroatoms. The van der Waals surface area contributed by atoms with E-state index in [0.717, 1.165) is 15.7 Å². The van der Waals surface area contributed by atoms with E-state index in [0.29, 0.717) is 12.1 Å². The van der Waals surface area contributed by atoms with Crippen LogP contribution in [-0.4, -0.2) is 13.1 Å². The molecule has 0 heterocycles. The molecule has 3 nitrogen and oxygen atoms in total. The van der Waals surface area contributed by atoms with Gasteiger partial charge in [-0.1, -0.05) is 46.3 Å². The molecule has 0 aromatic heterocycles. The van der Waals surface area contributed by atoms with E-state index in [4.69, 9.17) is 4.74 Å². The predicted octanol–water partition coefficient (Wildman–Crippen LogP) is 3.85. The van der Waals surface area contributed by atoms with Crippen LogP contribution in [0.3, 0.4) is 0 Å². The molecular formula is C15H14BrNO2. The molecule has 0 aliphatic heterocycles. The summed E-state index contributed by atoms with van der Waals surface area (Å²) in [4.78, 5) is 11.7. The van der Waals surface area contributed by atoms with Gasteiger partial charge < -0.3 is 10.1 Å². The van der Waals surface area contributed by atoms with Crippen molar-refractivity contribution in [3.05, 3.63) is 64.1 Å². The standard InChI is InChI=1S/C15H14BrNO2/c1-19-15(18)13-9-12(16)7-8-14(13)17-10-11-5-3-2-4-6-11/h2-9,17H,10H2,1H3. The van der Waals surface area contributed by atoms with Crippen LogP contribution in [0.1, 0.15) is 15.9 Å². The first-order valence-electron chi connectivity index (χ1n) is 5.86. The van der Waals surface area contributed by atoms with Crippen molar-refractivity contribution in [3.8, 4) is 0 Å². The summed E-state index contributed by atoms with van der Waals surface area (Å²) in [6.07, 6.45) is 0. The van der Waals surface area contributed by atoms with Gasteiger partial charge in [0.1, 0.15) is 0 Å². The Bertz CT molecular complexity index is 570. The number of esters is 1. The van der Waals surface area contributed by atoms with Gasteiger partial charge in [-0.05, 0) is 23.8 Å². The van der Waals surface area contributed by atoms with Crippen LogP contribution in [0.15, 0.2) is 53.0 Å². The number of methoxy groups -OCH3 is 1. The number of hydrogen-bond donors (Lipinski definition) is 1. The number of ether oxygens (including phenoxy) is 1. The van der Waals surface area contributed by atoms with E-state index in [9.17, 15) is 4.79 Å². The molecule has 0 saturated carbocycles. The Morgan fingerprint density at radius 1 is 1.21 bits per heavy atom. The van der Waals surface area contributed by atoms with Crippen molar-refractivity contribution >= 4 is 27.6 Å². The summed E-state index contributed by atoms with van der Waals surface area (Å²) in [5.41, 5.74) is 2.44. The number of rotatable bonds is 4. The van der Waals surface area contributed by atoms with Gasteiger partial charge in [0.2, 0.25) is 0 Å². The Hall–Kier alpha value is -1.81. The highest BCUT2D eigenvalue weighted by Crippen LogP contribution is 2.22. The second kappa shape index (κ2) is 6.38. The van der Waals surface area contributed by atoms with Crippen molar-refractivity contribution in [2.24, 2.45) is 0 Å². The molecule has 0 aliphatic carbocycles. The van der Waals surface area contributed by atoms with E-state index < -0.39 is 0 Å². The summed E-state index contributed by atoms with van der Waals surface area (Å²) < 4.78 is 5.63. The largest absolute Gasteiger partial charge is 0.465 e. The average molecular weight is 320 g/mol. The van der Waals surface area contributed by atoms with Gasteiger partial charge in [-0.3, -0.25) is 0 Å². The second-order valence-electron chi connectivity index (χ2n) is 4.02. The fraction of sp³-hybridized carbons (Fsp3) is 0.133. The molecule has 2 aromatic rings. The Morgan fingerprint density at radius 3 is 2.63 bits per heavy atom. The van der Waals surface area contributed by atoms with Gasteiger partial charge in [-0.2, -0.15) is 0 Å². The number of nitrogens with one attached hydrogen (secondary N) is 1. The van der Waals surface area contributed by atoms with Crippen molar-refractivity contribution in [1.29, 1.82) is 0 Å². The summed E-state index contributed by atoms with van der Waals surface area (Å²) >= 11 is 3.35. The van der Waals surface area contributed by atoms with Crippen LogP contribution in [0, 0.1) is 0 Å². The minimum absolute atomic E-state index is 0.350. The molecule has 2 aromatic carbocycles. The first-order chi connectivity index (χ1) is 9.20. The maximum Gasteiger partial charge on any atom is 0.340 e. The number of carbonyl (C=O) groups is 1. The Labute approximate surface area is 120 Å². The third-order valence-corrected chi connectivity index (χ3v) is 3.21. The number of anilines is 1. The number of carbonyl (C=O) groups excluding carboxylic acids is 1. The van der Waals surface area contributed by atoms with E-state index >= 15 is 0 Å². The maximum atomic E-state index is 11.7. The third kappa shape index (κ3) is 3.58. The third-order valence-electron chi connectivity index (χ3n) is 2.71. The molecule has 0 saturated heterocycles. The van der Waals surface area contributed by atoms with Crippen LogP contribution < -0.4 is 5.32 Å². The molecule has 0 bridgehead atoms. The quantitative estimate of drug-likeness (QED) is 0.870. The normalized spacial score (nSPS) is 10.0. The highest BCUT2D eigenvalue weighted by atomic mass is 79.9. The Balaban J connectivity index is 2.18. The fourth-order valence-electron chi connectivity index (χ4n) is 1.74. The van der Waals surface area contributed by atoms with Crippen LogP contribution in [0.4, 0.5) is 5.69 Å². The lowest BCUT2D eigenvalue weighted by atomic mass is 10.1. The average Bonchev–Trinajstić information content (AvgIpc) is 2.46. The lowest BCUT2D eigenvalue weighted by Gasteiger charge is -2.11. The van der Waals surface area contributed by atoms with E-state index in [-0.39, 0.29) is 5.97 Å². The zero-order valence-electron chi connectivity index (χ0n) is 10.5. The zero-order valence-corrected chi connectivity index (χ0v) is 12.1. The van der Waals surface area contributed by atoms with E-state index in [2.05, 4.69) is 21.2 Å². The minimum atomic E-state index is -0.350. The molecule has 1 N–H and O–H groups in total. The van der Waals surface area contributed by atoms with E-state index in [1.165, 1.54) is 7.11 Å². The van der Waals surface area contributed by atoms with Crippen molar-refractivity contribution in [3.63, 3.8) is 0 Å². The molecule has 19 heavy (non-hydrogen) atoms. The molecule has 0 atom stereocenters. The van der Waals surface area contributed by atoms with E-state index in [1.54, 1.807) is 6.07 Å². The monoisotopic (exact) mass is 319 g/mol. The molecule has 0 radical (unpaired) electrons. The van der Waals surface area contributed by atoms with Gasteiger partial charge in [0.25, 0.3) is 0 Å². The van der Waals surface area contributed by atoms with Crippen LogP contribution in [0.5, 0.6) is 0 Å². The van der Waals surface area contributed by atoms with Gasteiger partial charge in [0.15, 0.2) is 0 Å². The SMILES string of the molecule is COC(=O)c1cc(Br)ccc1NCc1ccccc1. The summed E-state index contributed by atoms with van der Waals surface area (Å²) in [5.74, 6) is -0.350. The number of benzene rings is 2. The molecule has 0 unspecified atom stereocenters. The summed E-state index contributed by atoms with van der Waals surface area (Å²) in [7, 11) is 1.38. The molecule has 2 rings (SSSR count). The first-order valence-corrected chi connectivity index (χ1v) is 6.65. The van der Waals surface area contributed by atoms with Crippen LogP contribution in [-0.2, 0) is 11.3 Å². The predicted molar refractivity (Wildman–Crippen MR) is 79.3 cm³/mol. The topological polar surface area (TPSA) is 38.3 Å². The molecular weight excluding hydrogens is 306 g/mol. The van der Waals surface area contributed by atoms with E-state index in [1.807, 2.05) is 42.5 Å². The Kier molecular flexibility index (Phi) is 4.58. The zero-order chi connectivity index (χ0) is 13.7. The fourth-order valence-corrected chi connectivity index (χ4v) is 2.10. The molecule has 0 amide bonds. The van der Waals surface area contributed by atoms with Gasteiger partial charge >= 0.3 is 5.97 Å². The van der Waals surface area contributed by atoms with Gasteiger partial charge in [0.05, 0.1) is 12.7 Å². The van der Waals surface area contributed by atoms with Crippen LogP contribution in [0.25, 0.3) is 0 Å². The van der Waals surface area contributed by atoms with Crippen molar-refractivity contribution in [2.75, 3.05) is 12.4 Å². The minimum Gasteiger partial charge on any atom is -0.465 e. The first kappa shape index (κ1) is 13.6. The maximum absolute atomic E-state index is 11.7. The summed E-state index contributed by atoms with van der Waals surface area (Å²) in [5, 5.41) is 3.25. The van der Waals surface area contributed by atoms with Crippen molar-refractivity contribution in [2.45, 2.75) is 6.54 Å². The van der Waals surface area contributed by atoms with Crippen molar-refractivity contribution < 1.29 is 9.53 Å². The second-order valence-corrected chi connectivity index (χ2v) is 4.94. The molecule has 0 spiro atoms.